The minimum Gasteiger partial charge on any atom is -0.509 e. The van der Waals surface area contributed by atoms with Gasteiger partial charge in [0, 0.05) is 34.5 Å². The number of aryl methyl sites for hydroxylation is 1. The van der Waals surface area contributed by atoms with Crippen LogP contribution in [0.1, 0.15) is 50.1 Å². The molecule has 0 aliphatic rings. The number of fused-ring (bicyclic) bond motifs is 3. The fourth-order valence-corrected chi connectivity index (χ4v) is 6.01. The topological polar surface area (TPSA) is 44.9 Å². The summed E-state index contributed by atoms with van der Waals surface area (Å²) in [6.45, 7) is 8.70. The Kier molecular flexibility index (Phi) is 8.72. The van der Waals surface area contributed by atoms with Gasteiger partial charge < -0.3 is 9.30 Å². The van der Waals surface area contributed by atoms with Gasteiger partial charge in [-0.25, -0.2) is 4.98 Å². The fourth-order valence-electron chi connectivity index (χ4n) is 6.01. The first-order chi connectivity index (χ1) is 21.5. The molecule has 0 N–H and O–H groups in total. The Morgan fingerprint density at radius 3 is 2.38 bits per heavy atom. The van der Waals surface area contributed by atoms with Crippen LogP contribution in [0.4, 0.5) is 0 Å². The van der Waals surface area contributed by atoms with Crippen molar-refractivity contribution in [1.29, 1.82) is 0 Å². The Hall–Kier alpha value is -4.50. The zero-order valence-electron chi connectivity index (χ0n) is 25.8. The van der Waals surface area contributed by atoms with Gasteiger partial charge in [0.15, 0.2) is 0 Å². The van der Waals surface area contributed by atoms with Gasteiger partial charge >= 0.3 is 20.4 Å². The summed E-state index contributed by atoms with van der Waals surface area (Å²) >= 11 is 0. The van der Waals surface area contributed by atoms with Crippen LogP contribution < -0.4 is 4.74 Å². The molecule has 7 aromatic rings. The van der Waals surface area contributed by atoms with Gasteiger partial charge in [0.2, 0.25) is 0 Å². The van der Waals surface area contributed by atoms with E-state index in [0.717, 1.165) is 57.4 Å². The maximum absolute atomic E-state index is 6.44. The molecule has 0 amide bonds. The maximum atomic E-state index is 6.44. The third-order valence-corrected chi connectivity index (χ3v) is 7.99. The molecule has 0 atom stereocenters. The van der Waals surface area contributed by atoms with Gasteiger partial charge in [-0.3, -0.25) is 4.68 Å². The molecule has 0 bridgehead atoms. The van der Waals surface area contributed by atoms with Crippen molar-refractivity contribution in [3.63, 3.8) is 0 Å². The van der Waals surface area contributed by atoms with E-state index in [1.54, 1.807) is 0 Å². The molecule has 5 nitrogen and oxygen atoms in total. The van der Waals surface area contributed by atoms with Crippen LogP contribution in [0, 0.1) is 19.1 Å². The molecule has 0 fully saturated rings. The first kappa shape index (κ1) is 30.5. The van der Waals surface area contributed by atoms with Crippen molar-refractivity contribution >= 4 is 21.8 Å². The average Bonchev–Trinajstić information content (AvgIpc) is 3.58. The van der Waals surface area contributed by atoms with Gasteiger partial charge in [0.25, 0.3) is 0 Å². The van der Waals surface area contributed by atoms with E-state index in [-0.39, 0.29) is 26.3 Å². The van der Waals surface area contributed by atoms with Crippen molar-refractivity contribution in [2.24, 2.45) is 0 Å². The molecule has 7 rings (SSSR count). The van der Waals surface area contributed by atoms with Gasteiger partial charge in [0.05, 0.1) is 5.69 Å². The van der Waals surface area contributed by atoms with Crippen molar-refractivity contribution in [2.45, 2.75) is 46.5 Å². The zero-order valence-corrected chi connectivity index (χ0v) is 27.4. The molecule has 3 heterocycles. The molecule has 0 aliphatic carbocycles. The Bertz CT molecular complexity index is 2110. The van der Waals surface area contributed by atoms with Gasteiger partial charge in [0.1, 0.15) is 5.82 Å². The third-order valence-electron chi connectivity index (χ3n) is 7.99. The Balaban J connectivity index is 0.00000357. The summed E-state index contributed by atoms with van der Waals surface area (Å²) in [7, 11) is 0. The van der Waals surface area contributed by atoms with Gasteiger partial charge in [-0.1, -0.05) is 81.2 Å². The largest absolute Gasteiger partial charge is 2.00 e. The van der Waals surface area contributed by atoms with Crippen molar-refractivity contribution in [3.05, 3.63) is 132 Å². The molecule has 0 unspecified atom stereocenters. The normalized spacial score (nSPS) is 11.3. The van der Waals surface area contributed by atoms with E-state index >= 15 is 0 Å². The van der Waals surface area contributed by atoms with Crippen LogP contribution in [0.2, 0.25) is 0 Å². The molecule has 226 valence electrons. The average molecular weight is 681 g/mol. The second-order valence-electron chi connectivity index (χ2n) is 11.5. The standard InChI is InChI=1S/C39H34N4O.Pd/c1-5-12-35-38(28-13-7-6-8-14-28)39(26(2)3)41-43(35)29-15-11-16-30(24-29)44-31-19-20-33-32-17-9-10-18-34(32)42(36(33)25-31)37-23-27(4)21-22-40-37;/h6-11,13-23,26H,5,12H2,1-4H3;/q-2;+2. The van der Waals surface area contributed by atoms with Crippen LogP contribution >= 0.6 is 0 Å². The van der Waals surface area contributed by atoms with Crippen molar-refractivity contribution in [2.75, 3.05) is 0 Å². The molecule has 3 aromatic heterocycles. The van der Waals surface area contributed by atoms with Crippen molar-refractivity contribution < 1.29 is 25.2 Å². The van der Waals surface area contributed by atoms with Gasteiger partial charge in [-0.15, -0.1) is 35.7 Å². The zero-order chi connectivity index (χ0) is 30.2. The van der Waals surface area contributed by atoms with Crippen LogP contribution in [0.5, 0.6) is 11.5 Å². The van der Waals surface area contributed by atoms with Crippen LogP contribution in [0.15, 0.2) is 103 Å². The smallest absolute Gasteiger partial charge is 0.509 e. The van der Waals surface area contributed by atoms with Crippen molar-refractivity contribution in [1.82, 2.24) is 19.3 Å². The summed E-state index contributed by atoms with van der Waals surface area (Å²) in [5.74, 6) is 2.36. The summed E-state index contributed by atoms with van der Waals surface area (Å²) in [4.78, 5) is 4.69. The summed E-state index contributed by atoms with van der Waals surface area (Å²) in [6.07, 6.45) is 3.77. The Labute approximate surface area is 278 Å². The number of para-hydroxylation sites is 1. The van der Waals surface area contributed by atoms with Gasteiger partial charge in [-0.2, -0.15) is 17.2 Å². The minimum atomic E-state index is 0. The predicted octanol–water partition coefficient (Wildman–Crippen LogP) is 9.81. The van der Waals surface area contributed by atoms with Crippen LogP contribution in [-0.2, 0) is 26.8 Å². The predicted molar refractivity (Wildman–Crippen MR) is 178 cm³/mol. The van der Waals surface area contributed by atoms with Crippen molar-refractivity contribution in [3.8, 4) is 34.1 Å². The number of rotatable bonds is 8. The molecule has 0 aliphatic heterocycles. The Morgan fingerprint density at radius 2 is 1.60 bits per heavy atom. The number of benzene rings is 4. The van der Waals surface area contributed by atoms with Crippen LogP contribution in [0.3, 0.4) is 0 Å². The quantitative estimate of drug-likeness (QED) is 0.119. The molecular formula is C39H34N4OPd. The summed E-state index contributed by atoms with van der Waals surface area (Å²) in [6, 6.07) is 40.2. The SMILES string of the molecule is CCCc1c(-c2ccccc2)c(C(C)C)nn1-c1[c-]c(Oc2[c-]c3c(cc2)c2ccccc2n3-c2cc(C)ccn2)ccc1.[Pd+2]. The first-order valence-corrected chi connectivity index (χ1v) is 15.3. The molecular weight excluding hydrogens is 647 g/mol. The fraction of sp³-hybridized carbons (Fsp3) is 0.179. The molecule has 0 saturated carbocycles. The van der Waals surface area contributed by atoms with E-state index in [9.17, 15) is 0 Å². The van der Waals surface area contributed by atoms with Crippen LogP contribution in [0.25, 0.3) is 44.4 Å². The number of ether oxygens (including phenoxy) is 1. The molecule has 0 radical (unpaired) electrons. The van der Waals surface area contributed by atoms with E-state index in [0.29, 0.717) is 11.5 Å². The summed E-state index contributed by atoms with van der Waals surface area (Å²) in [5, 5.41) is 7.41. The number of hydrogen-bond donors (Lipinski definition) is 0. The number of hydrogen-bond acceptors (Lipinski definition) is 3. The second kappa shape index (κ2) is 12.9. The Morgan fingerprint density at radius 1 is 0.822 bits per heavy atom. The van der Waals surface area contributed by atoms with Gasteiger partial charge in [-0.05, 0) is 59.7 Å². The van der Waals surface area contributed by atoms with E-state index in [1.165, 1.54) is 16.8 Å². The molecule has 0 saturated heterocycles. The van der Waals surface area contributed by atoms with E-state index in [4.69, 9.17) is 14.8 Å². The molecule has 0 spiro atoms. The number of aromatic nitrogens is 4. The third kappa shape index (κ3) is 5.73. The van der Waals surface area contributed by atoms with Crippen LogP contribution in [-0.4, -0.2) is 19.3 Å². The van der Waals surface area contributed by atoms with E-state index in [1.807, 2.05) is 36.5 Å². The maximum Gasteiger partial charge on any atom is 2.00 e. The monoisotopic (exact) mass is 680 g/mol. The molecule has 4 aromatic carbocycles. The summed E-state index contributed by atoms with van der Waals surface area (Å²) < 4.78 is 10.7. The summed E-state index contributed by atoms with van der Waals surface area (Å²) in [5.41, 5.74) is 8.71. The number of pyridine rings is 1. The molecule has 45 heavy (non-hydrogen) atoms. The molecule has 6 heteroatoms. The van der Waals surface area contributed by atoms with E-state index < -0.39 is 0 Å². The minimum absolute atomic E-state index is 0. The second-order valence-corrected chi connectivity index (χ2v) is 11.5. The number of nitrogens with zero attached hydrogens (tertiary/aromatic N) is 4. The first-order valence-electron chi connectivity index (χ1n) is 15.3. The van der Waals surface area contributed by atoms with E-state index in [2.05, 4.69) is 116 Å².